The number of nitrogens with zero attached hydrogens (tertiary/aromatic N) is 4. The second-order valence-electron chi connectivity index (χ2n) is 13.3. The maximum Gasteiger partial charge on any atom is 0.481 e. The van der Waals surface area contributed by atoms with Gasteiger partial charge in [0.2, 0.25) is 16.9 Å². The second kappa shape index (κ2) is 20.3. The number of phenolic OH excluding ortho intramolecular Hbond substituents is 2. The normalized spacial score (nSPS) is 21.1. The van der Waals surface area contributed by atoms with Crippen LogP contribution in [0.1, 0.15) is 32.1 Å². The predicted octanol–water partition coefficient (Wildman–Crippen LogP) is -0.211. The zero-order valence-corrected chi connectivity index (χ0v) is 34.9. The molecule has 332 valence electrons. The molecule has 4 rings (SSSR count). The Morgan fingerprint density at radius 3 is 2.42 bits per heavy atom. The van der Waals surface area contributed by atoms with Crippen LogP contribution in [0.3, 0.4) is 0 Å². The lowest BCUT2D eigenvalue weighted by Gasteiger charge is -2.30. The maximum atomic E-state index is 12.7. The van der Waals surface area contributed by atoms with Crippen LogP contribution in [0.25, 0.3) is 17.2 Å². The van der Waals surface area contributed by atoms with Gasteiger partial charge < -0.3 is 61.1 Å². The Bertz CT molecular complexity index is 2210. The van der Waals surface area contributed by atoms with Gasteiger partial charge in [-0.05, 0) is 23.8 Å². The Hall–Kier alpha value is -3.88. The van der Waals surface area contributed by atoms with Crippen molar-refractivity contribution in [1.29, 1.82) is 0 Å². The number of thioether (sulfide) groups is 1. The number of carbonyl (C=O) groups is 3. The lowest BCUT2D eigenvalue weighted by Crippen LogP contribution is -2.46. The number of anilines is 1. The van der Waals surface area contributed by atoms with Crippen LogP contribution in [-0.4, -0.2) is 133 Å². The smallest absolute Gasteiger partial charge is 0.481 e. The van der Waals surface area contributed by atoms with Gasteiger partial charge in [-0.2, -0.15) is 4.31 Å². The molecule has 3 unspecified atom stereocenters. The minimum absolute atomic E-state index is 0.0199. The van der Waals surface area contributed by atoms with Crippen LogP contribution >= 0.6 is 35.2 Å². The molecule has 26 nitrogen and oxygen atoms in total. The van der Waals surface area contributed by atoms with E-state index in [1.165, 1.54) is 44.2 Å². The third-order valence-electron chi connectivity index (χ3n) is 8.16. The molecule has 0 aliphatic carbocycles. The van der Waals surface area contributed by atoms with E-state index in [1.54, 1.807) is 0 Å². The van der Waals surface area contributed by atoms with Crippen molar-refractivity contribution in [2.75, 3.05) is 37.8 Å². The van der Waals surface area contributed by atoms with Crippen LogP contribution in [0.5, 0.6) is 11.5 Å². The molecule has 1 aliphatic heterocycles. The highest BCUT2D eigenvalue weighted by Gasteiger charge is 2.50. The summed E-state index contributed by atoms with van der Waals surface area (Å²) in [6.45, 7) is 0.245. The summed E-state index contributed by atoms with van der Waals surface area (Å²) in [7, 11) is -16.5. The molecule has 3 aromatic rings. The number of imidazole rings is 1. The standard InChI is InChI=1S/C30H42N7O19P3S/c1-30(2,25(43)28(44)33-8-7-20(40)32-9-10-60-21(41)6-4-16-3-5-17(38)18(39)11-16)13-53-59(50,51)56-58(48,49)52-12-19-24(55-57(45,46)47)23(42)29(54-19)37-15-36-22-26(31)34-14-35-27(22)37/h3-6,11,14-15,19,23-25,29,38-39,42-43H,7-10,12-13H2,1-2H3,(H,32,40)(H,33,44)(H,48,49)(H,50,51)(H2,31,34,35)(H2,45,46,47)/t19-,23-,24-,25?,29-/m1/s1. The number of carbonyl (C=O) groups excluding carboxylic acids is 3. The SMILES string of the molecule is CC(C)(COP(=O)(O)OP(=O)(O)OC[C@H]1O[C@@H](n2cnc3c(N)ncnc32)[C@H](O)[C@@H]1OP(=O)(O)O)C(O)C(=O)NCCC(=O)NCCSC(=O)C=Cc1ccc(O)c(O)c1. The molecule has 3 heterocycles. The summed E-state index contributed by atoms with van der Waals surface area (Å²) in [6, 6.07) is 4.02. The summed E-state index contributed by atoms with van der Waals surface area (Å²) in [5.41, 5.74) is 4.68. The average Bonchev–Trinajstić information content (AvgIpc) is 3.71. The van der Waals surface area contributed by atoms with E-state index in [2.05, 4.69) is 34.4 Å². The number of phosphoric acid groups is 3. The van der Waals surface area contributed by atoms with Gasteiger partial charge in [-0.3, -0.25) is 32.5 Å². The highest BCUT2D eigenvalue weighted by Crippen LogP contribution is 2.61. The second-order valence-corrected chi connectivity index (χ2v) is 18.7. The molecule has 1 aromatic carbocycles. The van der Waals surface area contributed by atoms with Crippen LogP contribution in [0, 0.1) is 5.41 Å². The number of aliphatic hydroxyl groups excluding tert-OH is 2. The highest BCUT2D eigenvalue weighted by atomic mass is 32.2. The van der Waals surface area contributed by atoms with E-state index < -0.39 is 84.6 Å². The van der Waals surface area contributed by atoms with E-state index in [0.29, 0.717) is 5.56 Å². The van der Waals surface area contributed by atoms with Gasteiger partial charge in [-0.15, -0.1) is 0 Å². The number of aliphatic hydroxyl groups is 2. The van der Waals surface area contributed by atoms with Gasteiger partial charge in [0.05, 0.1) is 19.5 Å². The van der Waals surface area contributed by atoms with Gasteiger partial charge in [0.1, 0.15) is 36.3 Å². The molecule has 0 spiro atoms. The van der Waals surface area contributed by atoms with Crippen molar-refractivity contribution in [2.45, 2.75) is 50.9 Å². The third kappa shape index (κ3) is 14.1. The van der Waals surface area contributed by atoms with E-state index in [9.17, 15) is 68.1 Å². The largest absolute Gasteiger partial charge is 0.504 e. The molecular formula is C30H42N7O19P3S. The van der Waals surface area contributed by atoms with Crippen LogP contribution in [0.15, 0.2) is 36.9 Å². The number of phosphoric ester groups is 3. The fourth-order valence-electron chi connectivity index (χ4n) is 5.14. The number of nitrogens with one attached hydrogen (secondary N) is 2. The summed E-state index contributed by atoms with van der Waals surface area (Å²) in [4.78, 5) is 87.7. The Morgan fingerprint density at radius 2 is 1.73 bits per heavy atom. The minimum atomic E-state index is -5.59. The van der Waals surface area contributed by atoms with Crippen LogP contribution < -0.4 is 16.4 Å². The van der Waals surface area contributed by atoms with E-state index in [1.807, 2.05) is 0 Å². The van der Waals surface area contributed by atoms with Crippen molar-refractivity contribution < 1.29 is 90.7 Å². The van der Waals surface area contributed by atoms with Gasteiger partial charge in [0.15, 0.2) is 29.2 Å². The van der Waals surface area contributed by atoms with E-state index in [4.69, 9.17) is 19.5 Å². The minimum Gasteiger partial charge on any atom is -0.504 e. The fraction of sp³-hybridized carbons (Fsp3) is 0.467. The molecule has 0 bridgehead atoms. The van der Waals surface area contributed by atoms with Crippen LogP contribution in [-0.2, 0) is 50.7 Å². The van der Waals surface area contributed by atoms with Crippen molar-refractivity contribution >= 4 is 75.2 Å². The molecule has 0 saturated carbocycles. The molecule has 0 radical (unpaired) electrons. The molecular weight excluding hydrogens is 887 g/mol. The first-order chi connectivity index (χ1) is 27.9. The van der Waals surface area contributed by atoms with Crippen molar-refractivity contribution in [3.8, 4) is 11.5 Å². The van der Waals surface area contributed by atoms with E-state index in [-0.39, 0.29) is 58.9 Å². The van der Waals surface area contributed by atoms with E-state index in [0.717, 1.165) is 29.0 Å². The highest BCUT2D eigenvalue weighted by molar-refractivity contribution is 8.14. The third-order valence-corrected chi connectivity index (χ3v) is 12.1. The van der Waals surface area contributed by atoms with Gasteiger partial charge in [-0.25, -0.2) is 28.6 Å². The number of hydrogen-bond donors (Lipinski definition) is 11. The number of hydrogen-bond acceptors (Lipinski definition) is 20. The summed E-state index contributed by atoms with van der Waals surface area (Å²) in [5, 5.41) is 44.8. The van der Waals surface area contributed by atoms with Crippen molar-refractivity contribution in [3.63, 3.8) is 0 Å². The Balaban J connectivity index is 1.20. The summed E-state index contributed by atoms with van der Waals surface area (Å²) in [6.07, 6.45) is -4.40. The number of aromatic hydroxyl groups is 2. The molecule has 1 aliphatic rings. The fourth-order valence-corrected chi connectivity index (χ4v) is 8.54. The van der Waals surface area contributed by atoms with Crippen molar-refractivity contribution in [2.24, 2.45) is 5.41 Å². The number of nitrogen functional groups attached to an aromatic ring is 1. The number of phenols is 2. The molecule has 1 fully saturated rings. The molecule has 60 heavy (non-hydrogen) atoms. The first kappa shape index (κ1) is 48.8. The molecule has 2 aromatic heterocycles. The Kier molecular flexibility index (Phi) is 16.5. The first-order valence-corrected chi connectivity index (χ1v) is 22.6. The van der Waals surface area contributed by atoms with Crippen LogP contribution in [0.2, 0.25) is 0 Å². The number of rotatable bonds is 21. The lowest BCUT2D eigenvalue weighted by molar-refractivity contribution is -0.137. The summed E-state index contributed by atoms with van der Waals surface area (Å²) >= 11 is 0.898. The maximum absolute atomic E-state index is 12.7. The molecule has 7 atom stereocenters. The quantitative estimate of drug-likeness (QED) is 0.0285. The zero-order chi connectivity index (χ0) is 44.6. The van der Waals surface area contributed by atoms with Gasteiger partial charge >= 0.3 is 23.5 Å². The molecule has 1 saturated heterocycles. The number of amides is 2. The van der Waals surface area contributed by atoms with E-state index >= 15 is 0 Å². The number of nitrogens with two attached hydrogens (primary N) is 1. The number of ether oxygens (including phenoxy) is 1. The number of aromatic nitrogens is 4. The zero-order valence-electron chi connectivity index (χ0n) is 31.4. The van der Waals surface area contributed by atoms with Gasteiger partial charge in [-0.1, -0.05) is 37.8 Å². The Morgan fingerprint density at radius 1 is 1.03 bits per heavy atom. The topological polar surface area (TPSA) is 404 Å². The number of fused-ring (bicyclic) bond motifs is 1. The number of benzene rings is 1. The van der Waals surface area contributed by atoms with Crippen molar-refractivity contribution in [1.82, 2.24) is 30.2 Å². The monoisotopic (exact) mass is 929 g/mol. The van der Waals surface area contributed by atoms with Gasteiger partial charge in [0.25, 0.3) is 0 Å². The van der Waals surface area contributed by atoms with Gasteiger partial charge in [0, 0.05) is 30.7 Å². The first-order valence-electron chi connectivity index (χ1n) is 17.1. The summed E-state index contributed by atoms with van der Waals surface area (Å²) in [5.74, 6) is -2.01. The average molecular weight is 930 g/mol. The van der Waals surface area contributed by atoms with Crippen LogP contribution in [0.4, 0.5) is 5.82 Å². The Labute approximate surface area is 343 Å². The predicted molar refractivity (Wildman–Crippen MR) is 206 cm³/mol. The lowest BCUT2D eigenvalue weighted by atomic mass is 9.87. The molecule has 2 amide bonds. The molecule has 12 N–H and O–H groups in total. The van der Waals surface area contributed by atoms with Crippen molar-refractivity contribution in [3.05, 3.63) is 42.5 Å². The summed E-state index contributed by atoms with van der Waals surface area (Å²) < 4.78 is 62.1. The molecule has 30 heteroatoms.